The van der Waals surface area contributed by atoms with Gasteiger partial charge in [-0.25, -0.2) is 8.42 Å². The predicted octanol–water partition coefficient (Wildman–Crippen LogP) is 1.08. The van der Waals surface area contributed by atoms with Crippen LogP contribution in [0.5, 0.6) is 0 Å². The minimum absolute atomic E-state index is 0.0486. The van der Waals surface area contributed by atoms with E-state index in [1.54, 1.807) is 13.2 Å². The number of H-pyrrole nitrogens is 1. The van der Waals surface area contributed by atoms with Gasteiger partial charge in [0, 0.05) is 31.2 Å². The first-order chi connectivity index (χ1) is 9.50. The molecule has 0 aliphatic heterocycles. The third kappa shape index (κ3) is 2.75. The molecule has 20 heavy (non-hydrogen) atoms. The lowest BCUT2D eigenvalue weighted by Crippen LogP contribution is -2.37. The molecule has 0 saturated heterocycles. The second-order valence-corrected chi connectivity index (χ2v) is 7.91. The average molecular weight is 298 g/mol. The standard InChI is InChI=1S/C13H22N4O2S/c1-9(10-3-4-10)17(2)20(18,19)13-11(8-15-16-13)7-14-12-5-6-12/h8-10,12,14H,3-7H2,1-2H3,(H,15,16). The van der Waals surface area contributed by atoms with Crippen LogP contribution >= 0.6 is 0 Å². The second-order valence-electron chi connectivity index (χ2n) is 5.98. The molecule has 0 amide bonds. The Morgan fingerprint density at radius 3 is 2.75 bits per heavy atom. The Bertz CT molecular complexity index is 575. The molecule has 1 unspecified atom stereocenters. The van der Waals surface area contributed by atoms with Crippen molar-refractivity contribution in [1.29, 1.82) is 0 Å². The van der Waals surface area contributed by atoms with E-state index in [9.17, 15) is 8.42 Å². The first-order valence-electron chi connectivity index (χ1n) is 7.24. The third-order valence-electron chi connectivity index (χ3n) is 4.35. The molecule has 2 N–H and O–H groups in total. The monoisotopic (exact) mass is 298 g/mol. The van der Waals surface area contributed by atoms with Crippen LogP contribution in [0.15, 0.2) is 11.2 Å². The van der Waals surface area contributed by atoms with Crippen LogP contribution in [0.1, 0.15) is 38.2 Å². The van der Waals surface area contributed by atoms with E-state index in [0.717, 1.165) is 18.4 Å². The molecule has 6 nitrogen and oxygen atoms in total. The van der Waals surface area contributed by atoms with Gasteiger partial charge in [-0.15, -0.1) is 0 Å². The number of hydrogen-bond acceptors (Lipinski definition) is 4. The number of aromatic amines is 1. The van der Waals surface area contributed by atoms with E-state index in [4.69, 9.17) is 0 Å². The van der Waals surface area contributed by atoms with Crippen LogP contribution in [0.25, 0.3) is 0 Å². The summed E-state index contributed by atoms with van der Waals surface area (Å²) in [5.41, 5.74) is 0.728. The molecule has 1 heterocycles. The summed E-state index contributed by atoms with van der Waals surface area (Å²) in [5, 5.41) is 10.2. The van der Waals surface area contributed by atoms with E-state index in [0.29, 0.717) is 18.5 Å². The van der Waals surface area contributed by atoms with Crippen molar-refractivity contribution in [1.82, 2.24) is 19.8 Å². The Balaban J connectivity index is 1.77. The second kappa shape index (κ2) is 5.13. The highest BCUT2D eigenvalue weighted by Crippen LogP contribution is 2.36. The molecule has 0 bridgehead atoms. The van der Waals surface area contributed by atoms with Crippen LogP contribution in [0.2, 0.25) is 0 Å². The maximum Gasteiger partial charge on any atom is 0.260 e. The fourth-order valence-corrected chi connectivity index (χ4v) is 3.95. The minimum atomic E-state index is -3.48. The summed E-state index contributed by atoms with van der Waals surface area (Å²) in [6.07, 6.45) is 6.22. The number of hydrogen-bond donors (Lipinski definition) is 2. The van der Waals surface area contributed by atoms with Crippen molar-refractivity contribution in [3.63, 3.8) is 0 Å². The zero-order valence-corrected chi connectivity index (χ0v) is 12.8. The molecule has 1 aromatic heterocycles. The van der Waals surface area contributed by atoms with Crippen molar-refractivity contribution < 1.29 is 8.42 Å². The summed E-state index contributed by atoms with van der Waals surface area (Å²) in [6.45, 7) is 2.54. The Morgan fingerprint density at radius 2 is 2.15 bits per heavy atom. The fourth-order valence-electron chi connectivity index (χ4n) is 2.43. The summed E-state index contributed by atoms with van der Waals surface area (Å²) < 4.78 is 26.8. The minimum Gasteiger partial charge on any atom is -0.310 e. The van der Waals surface area contributed by atoms with E-state index < -0.39 is 10.0 Å². The van der Waals surface area contributed by atoms with Crippen LogP contribution in [0, 0.1) is 5.92 Å². The van der Waals surface area contributed by atoms with Crippen molar-refractivity contribution >= 4 is 10.0 Å². The molecule has 2 saturated carbocycles. The average Bonchev–Trinajstić information content (AvgIpc) is 3.33. The Hall–Kier alpha value is -0.920. The highest BCUT2D eigenvalue weighted by Gasteiger charge is 2.37. The van der Waals surface area contributed by atoms with Crippen LogP contribution in [-0.4, -0.2) is 42.1 Å². The van der Waals surface area contributed by atoms with Crippen molar-refractivity contribution in [2.24, 2.45) is 5.92 Å². The Morgan fingerprint density at radius 1 is 1.45 bits per heavy atom. The summed E-state index contributed by atoms with van der Waals surface area (Å²) in [5.74, 6) is 0.505. The highest BCUT2D eigenvalue weighted by atomic mass is 32.2. The molecule has 2 aliphatic carbocycles. The maximum atomic E-state index is 12.7. The van der Waals surface area contributed by atoms with Gasteiger partial charge in [0.2, 0.25) is 0 Å². The first kappa shape index (κ1) is 14.0. The molecule has 0 aromatic carbocycles. The van der Waals surface area contributed by atoms with Crippen LogP contribution in [0.4, 0.5) is 0 Å². The van der Waals surface area contributed by atoms with Crippen molar-refractivity contribution in [3.8, 4) is 0 Å². The zero-order valence-electron chi connectivity index (χ0n) is 12.0. The smallest absolute Gasteiger partial charge is 0.260 e. The van der Waals surface area contributed by atoms with Crippen LogP contribution in [-0.2, 0) is 16.6 Å². The quantitative estimate of drug-likeness (QED) is 0.789. The van der Waals surface area contributed by atoms with E-state index in [1.165, 1.54) is 17.1 Å². The van der Waals surface area contributed by atoms with Crippen LogP contribution in [0.3, 0.4) is 0 Å². The summed E-state index contributed by atoms with van der Waals surface area (Å²) in [4.78, 5) is 0. The van der Waals surface area contributed by atoms with Gasteiger partial charge >= 0.3 is 0 Å². The molecule has 0 spiro atoms. The fraction of sp³-hybridized carbons (Fsp3) is 0.769. The topological polar surface area (TPSA) is 78.1 Å². The van der Waals surface area contributed by atoms with E-state index in [1.807, 2.05) is 6.92 Å². The Labute approximate surface area is 120 Å². The lowest BCUT2D eigenvalue weighted by atomic mass is 10.2. The molecular weight excluding hydrogens is 276 g/mol. The lowest BCUT2D eigenvalue weighted by Gasteiger charge is -2.23. The van der Waals surface area contributed by atoms with Gasteiger partial charge in [0.25, 0.3) is 10.0 Å². The SMILES string of the molecule is CC(C1CC1)N(C)S(=O)(=O)c1[nH]ncc1CNC1CC1. The van der Waals surface area contributed by atoms with Gasteiger partial charge in [0.05, 0.1) is 6.20 Å². The van der Waals surface area contributed by atoms with E-state index in [2.05, 4.69) is 15.5 Å². The molecule has 1 aromatic rings. The number of rotatable bonds is 7. The Kier molecular flexibility index (Phi) is 3.60. The van der Waals surface area contributed by atoms with Gasteiger partial charge < -0.3 is 5.32 Å². The van der Waals surface area contributed by atoms with E-state index >= 15 is 0 Å². The molecule has 3 rings (SSSR count). The molecular formula is C13H22N4O2S. The third-order valence-corrected chi connectivity index (χ3v) is 6.31. The molecule has 2 fully saturated rings. The highest BCUT2D eigenvalue weighted by molar-refractivity contribution is 7.89. The van der Waals surface area contributed by atoms with Gasteiger partial charge in [-0.05, 0) is 38.5 Å². The number of nitrogens with zero attached hydrogens (tertiary/aromatic N) is 2. The molecule has 7 heteroatoms. The number of sulfonamides is 1. The molecule has 1 atom stereocenters. The molecule has 2 aliphatic rings. The van der Waals surface area contributed by atoms with Crippen LogP contribution < -0.4 is 5.32 Å². The predicted molar refractivity (Wildman–Crippen MR) is 75.6 cm³/mol. The normalized spacial score (nSPS) is 21.4. The maximum absolute atomic E-state index is 12.7. The van der Waals surface area contributed by atoms with E-state index in [-0.39, 0.29) is 11.1 Å². The summed E-state index contributed by atoms with van der Waals surface area (Å²) >= 11 is 0. The van der Waals surface area contributed by atoms with Crippen molar-refractivity contribution in [3.05, 3.63) is 11.8 Å². The molecule has 112 valence electrons. The first-order valence-corrected chi connectivity index (χ1v) is 8.68. The van der Waals surface area contributed by atoms with Crippen molar-refractivity contribution in [2.45, 2.75) is 56.3 Å². The zero-order chi connectivity index (χ0) is 14.3. The van der Waals surface area contributed by atoms with Gasteiger partial charge in [-0.2, -0.15) is 9.40 Å². The summed E-state index contributed by atoms with van der Waals surface area (Å²) in [6, 6.07) is 0.594. The number of aromatic nitrogens is 2. The largest absolute Gasteiger partial charge is 0.310 e. The molecule has 0 radical (unpaired) electrons. The van der Waals surface area contributed by atoms with Gasteiger partial charge in [0.15, 0.2) is 5.03 Å². The van der Waals surface area contributed by atoms with Gasteiger partial charge in [-0.1, -0.05) is 0 Å². The lowest BCUT2D eigenvalue weighted by molar-refractivity contribution is 0.355. The van der Waals surface area contributed by atoms with Gasteiger partial charge in [0.1, 0.15) is 0 Å². The summed E-state index contributed by atoms with van der Waals surface area (Å²) in [7, 11) is -1.82. The van der Waals surface area contributed by atoms with Gasteiger partial charge in [-0.3, -0.25) is 5.10 Å². The number of nitrogens with one attached hydrogen (secondary N) is 2. The van der Waals surface area contributed by atoms with Crippen molar-refractivity contribution in [2.75, 3.05) is 7.05 Å².